The zero-order valence-corrected chi connectivity index (χ0v) is 17.3. The van der Waals surface area contributed by atoms with Crippen molar-refractivity contribution in [2.75, 3.05) is 20.2 Å². The van der Waals surface area contributed by atoms with Crippen LogP contribution in [0.25, 0.3) is 0 Å². The van der Waals surface area contributed by atoms with Crippen LogP contribution < -0.4 is 10.4 Å². The molecule has 1 saturated heterocycles. The largest absolute Gasteiger partial charge is 0.497 e. The minimum Gasteiger partial charge on any atom is -0.497 e. The molecule has 7 nitrogen and oxygen atoms in total. The maximum Gasteiger partial charge on any atom is 0.345 e. The molecule has 7 heteroatoms. The van der Waals surface area contributed by atoms with Crippen LogP contribution >= 0.6 is 0 Å². The van der Waals surface area contributed by atoms with Crippen molar-refractivity contribution in [1.29, 1.82) is 0 Å². The summed E-state index contributed by atoms with van der Waals surface area (Å²) in [4.78, 5) is 27.3. The number of ether oxygens (including phenoxy) is 1. The SMILES string of the molecule is COc1ccc(C(=O)N2CCC(c3nn(C)c(=O)n3Cc3ccccc3)CC2)cc1. The van der Waals surface area contributed by atoms with Gasteiger partial charge in [0.1, 0.15) is 11.6 Å². The number of carbonyl (C=O) groups is 1. The fourth-order valence-corrected chi connectivity index (χ4v) is 4.00. The van der Waals surface area contributed by atoms with Crippen LogP contribution in [0.3, 0.4) is 0 Å². The molecule has 0 saturated carbocycles. The van der Waals surface area contributed by atoms with E-state index in [1.165, 1.54) is 4.68 Å². The van der Waals surface area contributed by atoms with Crippen LogP contribution in [0.5, 0.6) is 5.75 Å². The Kier molecular flexibility index (Phi) is 5.70. The molecule has 0 radical (unpaired) electrons. The number of aromatic nitrogens is 3. The summed E-state index contributed by atoms with van der Waals surface area (Å²) in [6.07, 6.45) is 1.57. The Hall–Kier alpha value is -3.35. The number of rotatable bonds is 5. The van der Waals surface area contributed by atoms with Gasteiger partial charge in [-0.05, 0) is 42.7 Å². The molecule has 1 fully saturated rings. The van der Waals surface area contributed by atoms with E-state index in [-0.39, 0.29) is 17.5 Å². The average molecular weight is 406 g/mol. The van der Waals surface area contributed by atoms with Gasteiger partial charge in [-0.1, -0.05) is 30.3 Å². The second-order valence-electron chi connectivity index (χ2n) is 7.63. The quantitative estimate of drug-likeness (QED) is 0.653. The summed E-state index contributed by atoms with van der Waals surface area (Å²) in [7, 11) is 3.30. The number of hydrogen-bond acceptors (Lipinski definition) is 4. The normalized spacial score (nSPS) is 14.7. The first-order valence-electron chi connectivity index (χ1n) is 10.2. The number of carbonyl (C=O) groups excluding carboxylic acids is 1. The maximum absolute atomic E-state index is 12.8. The maximum atomic E-state index is 12.8. The molecule has 0 spiro atoms. The molecule has 30 heavy (non-hydrogen) atoms. The van der Waals surface area contributed by atoms with Gasteiger partial charge in [-0.2, -0.15) is 5.10 Å². The lowest BCUT2D eigenvalue weighted by Gasteiger charge is -2.31. The molecular weight excluding hydrogens is 380 g/mol. The third kappa shape index (κ3) is 4.01. The van der Waals surface area contributed by atoms with Crippen molar-refractivity contribution in [2.45, 2.75) is 25.3 Å². The third-order valence-electron chi connectivity index (χ3n) is 5.70. The summed E-state index contributed by atoms with van der Waals surface area (Å²) in [5.41, 5.74) is 1.62. The van der Waals surface area contributed by atoms with Gasteiger partial charge >= 0.3 is 5.69 Å². The summed E-state index contributed by atoms with van der Waals surface area (Å²) >= 11 is 0. The van der Waals surface area contributed by atoms with Crippen molar-refractivity contribution >= 4 is 5.91 Å². The monoisotopic (exact) mass is 406 g/mol. The van der Waals surface area contributed by atoms with Gasteiger partial charge in [0.2, 0.25) is 0 Å². The molecule has 0 aliphatic carbocycles. The van der Waals surface area contributed by atoms with Gasteiger partial charge in [-0.3, -0.25) is 9.36 Å². The number of likely N-dealkylation sites (tertiary alicyclic amines) is 1. The van der Waals surface area contributed by atoms with Gasteiger partial charge in [-0.15, -0.1) is 0 Å². The van der Waals surface area contributed by atoms with E-state index >= 15 is 0 Å². The number of piperidine rings is 1. The molecule has 1 aliphatic rings. The predicted molar refractivity (Wildman–Crippen MR) is 114 cm³/mol. The fraction of sp³-hybridized carbons (Fsp3) is 0.348. The van der Waals surface area contributed by atoms with E-state index in [1.807, 2.05) is 35.2 Å². The topological polar surface area (TPSA) is 69.4 Å². The molecule has 2 heterocycles. The number of hydrogen-bond donors (Lipinski definition) is 0. The summed E-state index contributed by atoms with van der Waals surface area (Å²) in [6, 6.07) is 17.1. The Morgan fingerprint density at radius 3 is 2.37 bits per heavy atom. The van der Waals surface area contributed by atoms with Gasteiger partial charge in [-0.25, -0.2) is 9.48 Å². The number of benzene rings is 2. The van der Waals surface area contributed by atoms with E-state index in [2.05, 4.69) is 5.10 Å². The van der Waals surface area contributed by atoms with E-state index in [0.717, 1.165) is 30.0 Å². The molecule has 0 N–H and O–H groups in total. The summed E-state index contributed by atoms with van der Waals surface area (Å²) < 4.78 is 8.34. The van der Waals surface area contributed by atoms with E-state index < -0.39 is 0 Å². The first-order chi connectivity index (χ1) is 14.6. The van der Waals surface area contributed by atoms with Crippen molar-refractivity contribution in [3.05, 3.63) is 82.0 Å². The molecule has 1 amide bonds. The van der Waals surface area contributed by atoms with Gasteiger partial charge in [0.05, 0.1) is 13.7 Å². The van der Waals surface area contributed by atoms with Crippen LogP contribution in [-0.2, 0) is 13.6 Å². The van der Waals surface area contributed by atoms with Crippen LogP contribution in [0.2, 0.25) is 0 Å². The van der Waals surface area contributed by atoms with Crippen LogP contribution in [0, 0.1) is 0 Å². The van der Waals surface area contributed by atoms with E-state index in [1.54, 1.807) is 43.0 Å². The van der Waals surface area contributed by atoms with Crippen molar-refractivity contribution < 1.29 is 9.53 Å². The first kappa shape index (κ1) is 19.9. The highest BCUT2D eigenvalue weighted by Crippen LogP contribution is 2.27. The second kappa shape index (κ2) is 8.57. The van der Waals surface area contributed by atoms with Crippen molar-refractivity contribution in [2.24, 2.45) is 7.05 Å². The lowest BCUT2D eigenvalue weighted by atomic mass is 9.95. The Morgan fingerprint density at radius 2 is 1.73 bits per heavy atom. The van der Waals surface area contributed by atoms with Gasteiger partial charge in [0.25, 0.3) is 5.91 Å². The van der Waals surface area contributed by atoms with Crippen molar-refractivity contribution in [3.8, 4) is 5.75 Å². The molecule has 2 aromatic carbocycles. The van der Waals surface area contributed by atoms with Gasteiger partial charge in [0, 0.05) is 31.6 Å². The first-order valence-corrected chi connectivity index (χ1v) is 10.2. The van der Waals surface area contributed by atoms with Crippen molar-refractivity contribution in [3.63, 3.8) is 0 Å². The Bertz CT molecular complexity index is 1060. The average Bonchev–Trinajstić information content (AvgIpc) is 3.08. The van der Waals surface area contributed by atoms with Crippen LogP contribution in [0.1, 0.15) is 40.5 Å². The molecule has 0 unspecified atom stereocenters. The summed E-state index contributed by atoms with van der Waals surface area (Å²) in [5, 5.41) is 4.53. The van der Waals surface area contributed by atoms with Crippen molar-refractivity contribution in [1.82, 2.24) is 19.2 Å². The molecule has 156 valence electrons. The molecule has 3 aromatic rings. The number of methoxy groups -OCH3 is 1. The molecular formula is C23H26N4O3. The second-order valence-corrected chi connectivity index (χ2v) is 7.63. The minimum absolute atomic E-state index is 0.0267. The minimum atomic E-state index is -0.106. The van der Waals surface area contributed by atoms with Gasteiger partial charge in [0.15, 0.2) is 0 Å². The highest BCUT2D eigenvalue weighted by molar-refractivity contribution is 5.94. The lowest BCUT2D eigenvalue weighted by Crippen LogP contribution is -2.38. The van der Waals surface area contributed by atoms with Gasteiger partial charge < -0.3 is 9.64 Å². The molecule has 0 atom stereocenters. The molecule has 4 rings (SSSR count). The number of aryl methyl sites for hydroxylation is 1. The fourth-order valence-electron chi connectivity index (χ4n) is 4.00. The van der Waals surface area contributed by atoms with E-state index in [0.29, 0.717) is 25.2 Å². The van der Waals surface area contributed by atoms with Crippen LogP contribution in [0.4, 0.5) is 0 Å². The third-order valence-corrected chi connectivity index (χ3v) is 5.70. The van der Waals surface area contributed by atoms with Crippen LogP contribution in [-0.4, -0.2) is 45.4 Å². The highest BCUT2D eigenvalue weighted by Gasteiger charge is 2.28. The van der Waals surface area contributed by atoms with Crippen LogP contribution in [0.15, 0.2) is 59.4 Å². The zero-order valence-electron chi connectivity index (χ0n) is 17.3. The lowest BCUT2D eigenvalue weighted by molar-refractivity contribution is 0.0710. The zero-order chi connectivity index (χ0) is 21.1. The van der Waals surface area contributed by atoms with E-state index in [9.17, 15) is 9.59 Å². The molecule has 1 aromatic heterocycles. The standard InChI is InChI=1S/C23H26N4O3/c1-25-23(29)27(16-17-6-4-3-5-7-17)21(24-25)18-12-14-26(15-13-18)22(28)19-8-10-20(30-2)11-9-19/h3-11,18H,12-16H2,1-2H3. The van der Waals surface area contributed by atoms with E-state index in [4.69, 9.17) is 4.74 Å². The summed E-state index contributed by atoms with van der Waals surface area (Å²) in [6.45, 7) is 1.80. The smallest absolute Gasteiger partial charge is 0.345 e. The predicted octanol–water partition coefficient (Wildman–Crippen LogP) is 2.66. The highest BCUT2D eigenvalue weighted by atomic mass is 16.5. The Morgan fingerprint density at radius 1 is 1.07 bits per heavy atom. The Balaban J connectivity index is 1.47. The number of nitrogens with zero attached hydrogens (tertiary/aromatic N) is 4. The molecule has 0 bridgehead atoms. The summed E-state index contributed by atoms with van der Waals surface area (Å²) in [5.74, 6) is 1.72. The molecule has 1 aliphatic heterocycles. The Labute approximate surface area is 175 Å². The number of amides is 1.